The van der Waals surface area contributed by atoms with Crippen molar-refractivity contribution in [2.75, 3.05) is 25.1 Å². The molecule has 17 heteroatoms. The van der Waals surface area contributed by atoms with Crippen molar-refractivity contribution >= 4 is 64.0 Å². The SMILES string of the molecule is CSCCC(NC(=O)C1CCCN1)C(=O)NC(Cc1ccccc1)C(=O)NCC(=O)NC(Cc1c[nH]c2ccccc12)C(=O)NC(C)C(=O)NC(Cc1ccccc1)C(N)=O. The number of primary amides is 1. The smallest absolute Gasteiger partial charge is 0.243 e. The third-order valence-electron chi connectivity index (χ3n) is 10.4. The minimum Gasteiger partial charge on any atom is -0.368 e. The van der Waals surface area contributed by atoms with Crippen molar-refractivity contribution in [2.24, 2.45) is 5.73 Å². The van der Waals surface area contributed by atoms with Crippen molar-refractivity contribution in [1.82, 2.24) is 42.2 Å². The molecule has 1 saturated heterocycles. The maximum Gasteiger partial charge on any atom is 0.243 e. The van der Waals surface area contributed by atoms with Gasteiger partial charge in [-0.25, -0.2) is 0 Å². The number of H-pyrrole nitrogens is 1. The molecule has 1 aromatic heterocycles. The number of benzene rings is 3. The van der Waals surface area contributed by atoms with Gasteiger partial charge in [-0.3, -0.25) is 33.6 Å². The van der Waals surface area contributed by atoms with Gasteiger partial charge >= 0.3 is 0 Å². The molecule has 5 rings (SSSR count). The van der Waals surface area contributed by atoms with Crippen molar-refractivity contribution < 1.29 is 33.6 Å². The molecule has 3 aromatic carbocycles. The molecular formula is C44H55N9O7S. The molecule has 0 radical (unpaired) electrons. The van der Waals surface area contributed by atoms with E-state index in [4.69, 9.17) is 5.73 Å². The van der Waals surface area contributed by atoms with Crippen LogP contribution in [0.5, 0.6) is 0 Å². The lowest BCUT2D eigenvalue weighted by Gasteiger charge is -2.25. The molecule has 1 aliphatic rings. The zero-order valence-electron chi connectivity index (χ0n) is 34.3. The van der Waals surface area contributed by atoms with Gasteiger partial charge in [0.2, 0.25) is 41.4 Å². The fourth-order valence-electron chi connectivity index (χ4n) is 7.03. The highest BCUT2D eigenvalue weighted by molar-refractivity contribution is 7.98. The number of carbonyl (C=O) groups excluding carboxylic acids is 7. The van der Waals surface area contributed by atoms with Crippen LogP contribution in [0.2, 0.25) is 0 Å². The molecule has 2 heterocycles. The number of carbonyl (C=O) groups is 7. The lowest BCUT2D eigenvalue weighted by atomic mass is 10.0. The summed E-state index contributed by atoms with van der Waals surface area (Å²) in [5.41, 5.74) is 8.66. The molecule has 4 aromatic rings. The summed E-state index contributed by atoms with van der Waals surface area (Å²) in [5.74, 6) is -3.67. The maximum atomic E-state index is 13.9. The molecule has 0 saturated carbocycles. The molecule has 7 amide bonds. The third kappa shape index (κ3) is 13.9. The molecule has 61 heavy (non-hydrogen) atoms. The van der Waals surface area contributed by atoms with Crippen LogP contribution in [0.25, 0.3) is 10.9 Å². The highest BCUT2D eigenvalue weighted by Crippen LogP contribution is 2.19. The van der Waals surface area contributed by atoms with Gasteiger partial charge in [0, 0.05) is 36.4 Å². The van der Waals surface area contributed by atoms with Gasteiger partial charge in [-0.2, -0.15) is 11.8 Å². The minimum absolute atomic E-state index is 0.0218. The fourth-order valence-corrected chi connectivity index (χ4v) is 7.50. The molecule has 0 aliphatic carbocycles. The second-order valence-corrected chi connectivity index (χ2v) is 16.0. The van der Waals surface area contributed by atoms with Crippen LogP contribution >= 0.6 is 11.8 Å². The van der Waals surface area contributed by atoms with Crippen LogP contribution in [-0.2, 0) is 52.8 Å². The summed E-state index contributed by atoms with van der Waals surface area (Å²) in [6.07, 6.45) is 5.75. The van der Waals surface area contributed by atoms with Crippen LogP contribution in [0.4, 0.5) is 0 Å². The van der Waals surface area contributed by atoms with Crippen LogP contribution in [0.15, 0.2) is 91.1 Å². The Morgan fingerprint density at radius 3 is 1.95 bits per heavy atom. The standard InChI is InChI=1S/C44H55N9O7S/c1-27(40(56)52-35(39(45)55)22-28-12-5-3-6-13-28)49-44(60)37(24-30-25-47-32-17-10-9-16-31(30)32)50-38(54)26-48-41(57)36(23-29-14-7-4-8-15-29)53-43(59)34(19-21-61-2)51-42(58)33-18-11-20-46-33/h3-10,12-17,25,27,33-37,46-47H,11,18-24,26H2,1-2H3,(H2,45,55)(H,48,57)(H,49,60)(H,50,54)(H,51,58)(H,52,56)(H,53,59). The van der Waals surface area contributed by atoms with Crippen LogP contribution in [-0.4, -0.2) is 108 Å². The van der Waals surface area contributed by atoms with E-state index >= 15 is 0 Å². The average Bonchev–Trinajstić information content (AvgIpc) is 3.95. The molecule has 1 fully saturated rings. The number of aromatic amines is 1. The number of hydrogen-bond acceptors (Lipinski definition) is 9. The zero-order chi connectivity index (χ0) is 43.7. The molecular weight excluding hydrogens is 799 g/mol. The Hall–Kier alpha value is -6.20. The third-order valence-corrected chi connectivity index (χ3v) is 11.0. The molecule has 324 valence electrons. The van der Waals surface area contributed by atoms with E-state index in [1.165, 1.54) is 18.7 Å². The Labute approximate surface area is 359 Å². The van der Waals surface area contributed by atoms with E-state index in [-0.39, 0.29) is 25.2 Å². The van der Waals surface area contributed by atoms with E-state index in [0.29, 0.717) is 30.7 Å². The summed E-state index contributed by atoms with van der Waals surface area (Å²) >= 11 is 1.52. The first-order valence-corrected chi connectivity index (χ1v) is 21.7. The van der Waals surface area contributed by atoms with Crippen LogP contribution in [0.1, 0.15) is 42.9 Å². The molecule has 0 bridgehead atoms. The second kappa shape index (κ2) is 23.0. The summed E-state index contributed by atoms with van der Waals surface area (Å²) < 4.78 is 0. The van der Waals surface area contributed by atoms with E-state index in [9.17, 15) is 33.6 Å². The Bertz CT molecular complexity index is 2130. The summed E-state index contributed by atoms with van der Waals surface area (Å²) in [6.45, 7) is 1.61. The van der Waals surface area contributed by atoms with Gasteiger partial charge in [-0.1, -0.05) is 78.9 Å². The van der Waals surface area contributed by atoms with Gasteiger partial charge in [-0.05, 0) is 67.5 Å². The highest BCUT2D eigenvalue weighted by Gasteiger charge is 2.31. The number of nitrogens with two attached hydrogens (primary N) is 1. The average molecular weight is 854 g/mol. The van der Waals surface area contributed by atoms with Gasteiger partial charge in [-0.15, -0.1) is 0 Å². The van der Waals surface area contributed by atoms with E-state index in [2.05, 4.69) is 42.2 Å². The lowest BCUT2D eigenvalue weighted by molar-refractivity contribution is -0.134. The van der Waals surface area contributed by atoms with Crippen molar-refractivity contribution in [3.05, 3.63) is 108 Å². The number of nitrogens with one attached hydrogen (secondary N) is 8. The van der Waals surface area contributed by atoms with Crippen molar-refractivity contribution in [2.45, 2.75) is 81.7 Å². The zero-order valence-corrected chi connectivity index (χ0v) is 35.1. The molecule has 1 aliphatic heterocycles. The molecule has 10 N–H and O–H groups in total. The van der Waals surface area contributed by atoms with E-state index in [0.717, 1.165) is 28.5 Å². The normalized spacial score (nSPS) is 15.9. The van der Waals surface area contributed by atoms with Gasteiger partial charge in [0.15, 0.2) is 0 Å². The predicted molar refractivity (Wildman–Crippen MR) is 234 cm³/mol. The second-order valence-electron chi connectivity index (χ2n) is 15.0. The first kappa shape index (κ1) is 45.9. The monoisotopic (exact) mass is 853 g/mol. The van der Waals surface area contributed by atoms with Gasteiger partial charge < -0.3 is 47.9 Å². The number of rotatable bonds is 22. The number of para-hydroxylation sites is 1. The van der Waals surface area contributed by atoms with Crippen molar-refractivity contribution in [3.8, 4) is 0 Å². The number of amides is 7. The van der Waals surface area contributed by atoms with Crippen molar-refractivity contribution in [3.63, 3.8) is 0 Å². The summed E-state index contributed by atoms with van der Waals surface area (Å²) in [6, 6.07) is 19.7. The van der Waals surface area contributed by atoms with Crippen LogP contribution in [0.3, 0.4) is 0 Å². The number of thioether (sulfide) groups is 1. The largest absolute Gasteiger partial charge is 0.368 e. The topological polar surface area (TPSA) is 246 Å². The van der Waals surface area contributed by atoms with Crippen molar-refractivity contribution in [1.29, 1.82) is 0 Å². The quantitative estimate of drug-likeness (QED) is 0.0541. The fraction of sp³-hybridized carbons (Fsp3) is 0.386. The predicted octanol–water partition coefficient (Wildman–Crippen LogP) is 0.746. The Morgan fingerprint density at radius 1 is 0.705 bits per heavy atom. The summed E-state index contributed by atoms with van der Waals surface area (Å²) in [5, 5.41) is 20.2. The summed E-state index contributed by atoms with van der Waals surface area (Å²) in [7, 11) is 0. The Kier molecular flexibility index (Phi) is 17.3. The van der Waals surface area contributed by atoms with Crippen LogP contribution < -0.4 is 43.0 Å². The minimum atomic E-state index is -1.20. The number of fused-ring (bicyclic) bond motifs is 1. The van der Waals surface area contributed by atoms with E-state index in [1.807, 2.05) is 54.8 Å². The Balaban J connectivity index is 1.26. The molecule has 6 unspecified atom stereocenters. The van der Waals surface area contributed by atoms with Gasteiger partial charge in [0.25, 0.3) is 0 Å². The first-order chi connectivity index (χ1) is 29.4. The van der Waals surface area contributed by atoms with Gasteiger partial charge in [0.1, 0.15) is 30.2 Å². The van der Waals surface area contributed by atoms with E-state index < -0.39 is 78.2 Å². The molecule has 6 atom stereocenters. The number of hydrogen-bond donors (Lipinski definition) is 9. The number of aromatic nitrogens is 1. The molecule has 0 spiro atoms. The first-order valence-electron chi connectivity index (χ1n) is 20.3. The van der Waals surface area contributed by atoms with E-state index in [1.54, 1.807) is 42.6 Å². The Morgan fingerprint density at radius 2 is 1.31 bits per heavy atom. The molecule has 16 nitrogen and oxygen atoms in total. The summed E-state index contributed by atoms with van der Waals surface area (Å²) in [4.78, 5) is 96.5. The highest BCUT2D eigenvalue weighted by atomic mass is 32.2. The van der Waals surface area contributed by atoms with Crippen LogP contribution in [0, 0.1) is 0 Å². The maximum absolute atomic E-state index is 13.9. The van der Waals surface area contributed by atoms with Gasteiger partial charge in [0.05, 0.1) is 12.6 Å². The lowest BCUT2D eigenvalue weighted by Crippen LogP contribution is -2.58.